The molecule has 0 spiro atoms. The van der Waals surface area contributed by atoms with Crippen molar-refractivity contribution in [2.45, 2.75) is 20.0 Å². The summed E-state index contributed by atoms with van der Waals surface area (Å²) in [6, 6.07) is 12.8. The van der Waals surface area contributed by atoms with Crippen LogP contribution in [0.25, 0.3) is 0 Å². The van der Waals surface area contributed by atoms with Crippen LogP contribution in [-0.4, -0.2) is 37.6 Å². The van der Waals surface area contributed by atoms with Crippen molar-refractivity contribution in [3.8, 4) is 0 Å². The van der Waals surface area contributed by atoms with Gasteiger partial charge in [0, 0.05) is 12.2 Å². The van der Waals surface area contributed by atoms with E-state index >= 15 is 0 Å². The van der Waals surface area contributed by atoms with Gasteiger partial charge in [0.2, 0.25) is 0 Å². The summed E-state index contributed by atoms with van der Waals surface area (Å²) in [5.74, 6) is -0.337. The lowest BCUT2D eigenvalue weighted by Crippen LogP contribution is -2.50. The van der Waals surface area contributed by atoms with Gasteiger partial charge in [0.1, 0.15) is 6.61 Å². The summed E-state index contributed by atoms with van der Waals surface area (Å²) in [7, 11) is 0. The molecule has 1 unspecified atom stereocenters. The van der Waals surface area contributed by atoms with Crippen molar-refractivity contribution < 1.29 is 14.3 Å². The van der Waals surface area contributed by atoms with E-state index in [2.05, 4.69) is 5.32 Å². The standard InChI is InChI=1S/C20H21ClN2O3/c1-13-7-8-15(9-14(13)2)23-11-16(26-12-19(23)24)10-22-20(25)17-5-3-4-6-18(17)21/h3-9,16H,10-12H2,1-2H3,(H,22,25). The Morgan fingerprint density at radius 2 is 2.00 bits per heavy atom. The number of anilines is 1. The lowest BCUT2D eigenvalue weighted by atomic mass is 10.1. The summed E-state index contributed by atoms with van der Waals surface area (Å²) in [6.07, 6.45) is -0.277. The van der Waals surface area contributed by atoms with Crippen LogP contribution in [0.3, 0.4) is 0 Å². The first-order chi connectivity index (χ1) is 12.5. The van der Waals surface area contributed by atoms with Gasteiger partial charge >= 0.3 is 0 Å². The molecule has 1 heterocycles. The summed E-state index contributed by atoms with van der Waals surface area (Å²) < 4.78 is 5.57. The number of benzene rings is 2. The van der Waals surface area contributed by atoms with Crippen molar-refractivity contribution in [1.29, 1.82) is 0 Å². The lowest BCUT2D eigenvalue weighted by Gasteiger charge is -2.33. The molecule has 1 N–H and O–H groups in total. The third-order valence-corrected chi connectivity index (χ3v) is 4.87. The zero-order valence-electron chi connectivity index (χ0n) is 14.8. The van der Waals surface area contributed by atoms with Gasteiger partial charge in [0.05, 0.1) is 23.2 Å². The monoisotopic (exact) mass is 372 g/mol. The number of carbonyl (C=O) groups excluding carboxylic acids is 2. The number of nitrogens with one attached hydrogen (secondary N) is 1. The highest BCUT2D eigenvalue weighted by Crippen LogP contribution is 2.22. The summed E-state index contributed by atoms with van der Waals surface area (Å²) in [6.45, 7) is 4.75. The van der Waals surface area contributed by atoms with Gasteiger partial charge in [-0.05, 0) is 49.2 Å². The van der Waals surface area contributed by atoms with Crippen LogP contribution < -0.4 is 10.2 Å². The number of hydrogen-bond donors (Lipinski definition) is 1. The van der Waals surface area contributed by atoms with Gasteiger partial charge in [-0.15, -0.1) is 0 Å². The molecule has 0 aliphatic carbocycles. The van der Waals surface area contributed by atoms with E-state index in [0.29, 0.717) is 23.7 Å². The van der Waals surface area contributed by atoms with Gasteiger partial charge in [-0.3, -0.25) is 9.59 Å². The fourth-order valence-corrected chi connectivity index (χ4v) is 3.06. The van der Waals surface area contributed by atoms with Crippen LogP contribution in [0.5, 0.6) is 0 Å². The molecule has 1 atom stereocenters. The summed E-state index contributed by atoms with van der Waals surface area (Å²) >= 11 is 6.05. The van der Waals surface area contributed by atoms with Crippen LogP contribution in [0.15, 0.2) is 42.5 Å². The summed E-state index contributed by atoms with van der Waals surface area (Å²) in [5, 5.41) is 3.23. The average Bonchev–Trinajstić information content (AvgIpc) is 2.63. The molecule has 1 saturated heterocycles. The second kappa shape index (κ2) is 7.89. The number of aryl methyl sites for hydroxylation is 2. The minimum absolute atomic E-state index is 0.000442. The van der Waals surface area contributed by atoms with E-state index in [1.807, 2.05) is 32.0 Å². The van der Waals surface area contributed by atoms with Crippen molar-refractivity contribution in [2.75, 3.05) is 24.6 Å². The van der Waals surface area contributed by atoms with E-state index in [1.165, 1.54) is 5.56 Å². The lowest BCUT2D eigenvalue weighted by molar-refractivity contribution is -0.129. The normalized spacial score (nSPS) is 17.3. The Kier molecular flexibility index (Phi) is 5.59. The fourth-order valence-electron chi connectivity index (χ4n) is 2.84. The molecule has 26 heavy (non-hydrogen) atoms. The van der Waals surface area contributed by atoms with Crippen LogP contribution in [0.1, 0.15) is 21.5 Å². The number of morpholine rings is 1. The maximum absolute atomic E-state index is 12.3. The van der Waals surface area contributed by atoms with E-state index in [-0.39, 0.29) is 24.5 Å². The number of halogens is 1. The molecule has 2 amide bonds. The Morgan fingerprint density at radius 1 is 1.23 bits per heavy atom. The minimum atomic E-state index is -0.277. The van der Waals surface area contributed by atoms with E-state index in [4.69, 9.17) is 16.3 Å². The van der Waals surface area contributed by atoms with Crippen LogP contribution in [0.2, 0.25) is 5.02 Å². The van der Waals surface area contributed by atoms with Gasteiger partial charge in [0.25, 0.3) is 11.8 Å². The van der Waals surface area contributed by atoms with Crippen molar-refractivity contribution in [3.63, 3.8) is 0 Å². The number of nitrogens with zero attached hydrogens (tertiary/aromatic N) is 1. The molecule has 0 saturated carbocycles. The van der Waals surface area contributed by atoms with Gasteiger partial charge < -0.3 is 15.0 Å². The smallest absolute Gasteiger partial charge is 0.253 e. The highest BCUT2D eigenvalue weighted by molar-refractivity contribution is 6.33. The highest BCUT2D eigenvalue weighted by Gasteiger charge is 2.28. The SMILES string of the molecule is Cc1ccc(N2CC(CNC(=O)c3ccccc3Cl)OCC2=O)cc1C. The molecule has 2 aromatic rings. The van der Waals surface area contributed by atoms with Gasteiger partial charge in [-0.1, -0.05) is 29.8 Å². The predicted octanol–water partition coefficient (Wildman–Crippen LogP) is 3.12. The average molecular weight is 373 g/mol. The molecular weight excluding hydrogens is 352 g/mol. The Labute approximate surface area is 157 Å². The molecule has 5 nitrogen and oxygen atoms in total. The zero-order chi connectivity index (χ0) is 18.7. The van der Waals surface area contributed by atoms with E-state index in [9.17, 15) is 9.59 Å². The Morgan fingerprint density at radius 3 is 2.73 bits per heavy atom. The third kappa shape index (κ3) is 4.06. The quantitative estimate of drug-likeness (QED) is 0.897. The topological polar surface area (TPSA) is 58.6 Å². The Balaban J connectivity index is 1.64. The first kappa shape index (κ1) is 18.4. The molecule has 2 aromatic carbocycles. The molecule has 3 rings (SSSR count). The molecule has 0 bridgehead atoms. The van der Waals surface area contributed by atoms with Crippen LogP contribution >= 0.6 is 11.6 Å². The number of carbonyl (C=O) groups is 2. The van der Waals surface area contributed by atoms with Crippen molar-refractivity contribution in [2.24, 2.45) is 0 Å². The number of rotatable bonds is 4. The molecule has 0 aromatic heterocycles. The zero-order valence-corrected chi connectivity index (χ0v) is 15.5. The maximum Gasteiger partial charge on any atom is 0.253 e. The van der Waals surface area contributed by atoms with E-state index in [0.717, 1.165) is 11.3 Å². The van der Waals surface area contributed by atoms with Gasteiger partial charge in [0.15, 0.2) is 0 Å². The molecule has 1 aliphatic rings. The molecule has 1 fully saturated rings. The van der Waals surface area contributed by atoms with Gasteiger partial charge in [-0.25, -0.2) is 0 Å². The minimum Gasteiger partial charge on any atom is -0.365 e. The van der Waals surface area contributed by atoms with Crippen molar-refractivity contribution in [1.82, 2.24) is 5.32 Å². The predicted molar refractivity (Wildman–Crippen MR) is 102 cm³/mol. The van der Waals surface area contributed by atoms with Gasteiger partial charge in [-0.2, -0.15) is 0 Å². The number of hydrogen-bond acceptors (Lipinski definition) is 3. The molecule has 0 radical (unpaired) electrons. The fraction of sp³-hybridized carbons (Fsp3) is 0.300. The Bertz CT molecular complexity index is 838. The highest BCUT2D eigenvalue weighted by atomic mass is 35.5. The summed E-state index contributed by atoms with van der Waals surface area (Å²) in [5.41, 5.74) is 3.58. The van der Waals surface area contributed by atoms with Crippen LogP contribution in [0, 0.1) is 13.8 Å². The Hall–Kier alpha value is -2.37. The maximum atomic E-state index is 12.3. The number of amides is 2. The van der Waals surface area contributed by atoms with Crippen molar-refractivity contribution in [3.05, 3.63) is 64.2 Å². The third-order valence-electron chi connectivity index (χ3n) is 4.54. The van der Waals surface area contributed by atoms with Crippen LogP contribution in [0.4, 0.5) is 5.69 Å². The first-order valence-electron chi connectivity index (χ1n) is 8.47. The second-order valence-electron chi connectivity index (χ2n) is 6.40. The number of ether oxygens (including phenoxy) is 1. The summed E-state index contributed by atoms with van der Waals surface area (Å²) in [4.78, 5) is 26.2. The van der Waals surface area contributed by atoms with E-state index in [1.54, 1.807) is 29.2 Å². The molecule has 1 aliphatic heterocycles. The molecule has 136 valence electrons. The first-order valence-corrected chi connectivity index (χ1v) is 8.85. The van der Waals surface area contributed by atoms with Crippen LogP contribution in [-0.2, 0) is 9.53 Å². The largest absolute Gasteiger partial charge is 0.365 e. The molecule has 6 heteroatoms. The second-order valence-corrected chi connectivity index (χ2v) is 6.80. The van der Waals surface area contributed by atoms with E-state index < -0.39 is 0 Å². The molecular formula is C20H21ClN2O3. The van der Waals surface area contributed by atoms with Crippen molar-refractivity contribution >= 4 is 29.1 Å².